The average Bonchev–Trinajstić information content (AvgIpc) is 2.96. The SMILES string of the molecule is C[C@H](CCC(=O)O)[C@H]1CC[C@H]2[C@@H]3CCC4CC(=O)CC[C@]4(C)[C@H]3C(=O)C[C@]12C. The molecule has 0 saturated heterocycles. The van der Waals surface area contributed by atoms with Gasteiger partial charge in [-0.25, -0.2) is 0 Å². The van der Waals surface area contributed by atoms with E-state index in [-0.39, 0.29) is 23.2 Å². The van der Waals surface area contributed by atoms with Crippen LogP contribution in [0.15, 0.2) is 0 Å². The van der Waals surface area contributed by atoms with Gasteiger partial charge in [0.05, 0.1) is 0 Å². The Labute approximate surface area is 168 Å². The zero-order valence-electron chi connectivity index (χ0n) is 17.7. The minimum absolute atomic E-state index is 0.0161. The highest BCUT2D eigenvalue weighted by Crippen LogP contribution is 2.67. The molecular formula is C24H36O4. The lowest BCUT2D eigenvalue weighted by Crippen LogP contribution is -2.57. The van der Waals surface area contributed by atoms with Crippen molar-refractivity contribution in [2.24, 2.45) is 46.3 Å². The first-order valence-electron chi connectivity index (χ1n) is 11.4. The number of carboxylic acids is 1. The molecule has 0 spiro atoms. The van der Waals surface area contributed by atoms with Gasteiger partial charge in [-0.2, -0.15) is 0 Å². The summed E-state index contributed by atoms with van der Waals surface area (Å²) in [5, 5.41) is 9.08. The van der Waals surface area contributed by atoms with Crippen LogP contribution in [-0.2, 0) is 14.4 Å². The number of hydrogen-bond donors (Lipinski definition) is 1. The number of rotatable bonds is 4. The number of carbonyl (C=O) groups is 3. The molecule has 28 heavy (non-hydrogen) atoms. The first kappa shape index (κ1) is 20.1. The van der Waals surface area contributed by atoms with Crippen LogP contribution in [0.1, 0.15) is 85.0 Å². The highest BCUT2D eigenvalue weighted by molar-refractivity contribution is 5.85. The maximum atomic E-state index is 13.6. The summed E-state index contributed by atoms with van der Waals surface area (Å²) in [7, 11) is 0. The molecule has 4 saturated carbocycles. The van der Waals surface area contributed by atoms with E-state index in [4.69, 9.17) is 5.11 Å². The first-order valence-corrected chi connectivity index (χ1v) is 11.4. The lowest BCUT2D eigenvalue weighted by molar-refractivity contribution is -0.161. The van der Waals surface area contributed by atoms with E-state index in [2.05, 4.69) is 20.8 Å². The third kappa shape index (κ3) is 2.97. The number of carboxylic acid groups (broad SMARTS) is 1. The zero-order valence-corrected chi connectivity index (χ0v) is 17.7. The average molecular weight is 389 g/mol. The molecule has 0 heterocycles. The molecule has 0 aromatic rings. The quantitative estimate of drug-likeness (QED) is 0.744. The second-order valence-corrected chi connectivity index (χ2v) is 11.0. The standard InChI is InChI=1S/C24H36O4/c1-14(4-9-21(27)28)18-7-8-19-17-6-5-15-12-16(25)10-11-23(15,2)22(17)20(26)13-24(18,19)3/h14-15,17-19,22H,4-13H2,1-3H3,(H,27,28)/t14-,15?,17+,18-,19+,22-,23+,24-/m1/s1. The minimum atomic E-state index is -0.718. The molecule has 4 aliphatic carbocycles. The fraction of sp³-hybridized carbons (Fsp3) is 0.875. The lowest BCUT2D eigenvalue weighted by atomic mass is 9.44. The highest BCUT2D eigenvalue weighted by atomic mass is 16.4. The summed E-state index contributed by atoms with van der Waals surface area (Å²) in [6.07, 6.45) is 8.36. The van der Waals surface area contributed by atoms with Gasteiger partial charge in [0.15, 0.2) is 0 Å². The van der Waals surface area contributed by atoms with Crippen LogP contribution in [0.3, 0.4) is 0 Å². The molecule has 4 fully saturated rings. The van der Waals surface area contributed by atoms with E-state index in [1.54, 1.807) is 0 Å². The molecular weight excluding hydrogens is 352 g/mol. The molecule has 4 nitrogen and oxygen atoms in total. The summed E-state index contributed by atoms with van der Waals surface area (Å²) in [5.74, 6) is 2.53. The van der Waals surface area contributed by atoms with Crippen LogP contribution < -0.4 is 0 Å². The van der Waals surface area contributed by atoms with E-state index >= 15 is 0 Å². The van der Waals surface area contributed by atoms with E-state index < -0.39 is 5.97 Å². The Morgan fingerprint density at radius 3 is 2.61 bits per heavy atom. The van der Waals surface area contributed by atoms with Gasteiger partial charge in [0.1, 0.15) is 11.6 Å². The smallest absolute Gasteiger partial charge is 0.303 e. The maximum absolute atomic E-state index is 13.6. The summed E-state index contributed by atoms with van der Waals surface area (Å²) in [6, 6.07) is 0. The molecule has 4 aliphatic rings. The maximum Gasteiger partial charge on any atom is 0.303 e. The predicted octanol–water partition coefficient (Wildman–Crippen LogP) is 4.89. The van der Waals surface area contributed by atoms with Crippen molar-refractivity contribution in [3.8, 4) is 0 Å². The Hall–Kier alpha value is -1.19. The normalized spacial score (nSPS) is 46.5. The van der Waals surface area contributed by atoms with Crippen LogP contribution in [0.2, 0.25) is 0 Å². The Morgan fingerprint density at radius 2 is 1.89 bits per heavy atom. The van der Waals surface area contributed by atoms with E-state index in [1.165, 1.54) is 6.42 Å². The molecule has 4 heteroatoms. The van der Waals surface area contributed by atoms with Gasteiger partial charge in [-0.05, 0) is 78.9 Å². The summed E-state index contributed by atoms with van der Waals surface area (Å²) >= 11 is 0. The molecule has 0 aromatic carbocycles. The van der Waals surface area contributed by atoms with E-state index in [0.717, 1.165) is 25.7 Å². The van der Waals surface area contributed by atoms with Gasteiger partial charge < -0.3 is 5.11 Å². The topological polar surface area (TPSA) is 71.4 Å². The number of aliphatic carboxylic acids is 1. The van der Waals surface area contributed by atoms with E-state index in [0.29, 0.717) is 66.8 Å². The molecule has 156 valence electrons. The molecule has 0 radical (unpaired) electrons. The Morgan fingerprint density at radius 1 is 1.14 bits per heavy atom. The van der Waals surface area contributed by atoms with Crippen molar-refractivity contribution in [3.05, 3.63) is 0 Å². The molecule has 1 unspecified atom stereocenters. The third-order valence-electron chi connectivity index (χ3n) is 9.74. The largest absolute Gasteiger partial charge is 0.481 e. The monoisotopic (exact) mass is 388 g/mol. The molecule has 8 atom stereocenters. The third-order valence-corrected chi connectivity index (χ3v) is 9.74. The fourth-order valence-corrected chi connectivity index (χ4v) is 8.38. The van der Waals surface area contributed by atoms with Gasteiger partial charge in [0.2, 0.25) is 0 Å². The minimum Gasteiger partial charge on any atom is -0.481 e. The van der Waals surface area contributed by atoms with Gasteiger partial charge in [-0.3, -0.25) is 14.4 Å². The predicted molar refractivity (Wildman–Crippen MR) is 107 cm³/mol. The second-order valence-electron chi connectivity index (χ2n) is 11.0. The van der Waals surface area contributed by atoms with Crippen LogP contribution in [0.5, 0.6) is 0 Å². The number of fused-ring (bicyclic) bond motifs is 5. The summed E-state index contributed by atoms with van der Waals surface area (Å²) in [5.41, 5.74) is 0.0477. The number of Topliss-reactive ketones (excluding diaryl/α,β-unsaturated/α-hetero) is 2. The lowest BCUT2D eigenvalue weighted by Gasteiger charge is -2.59. The molecule has 0 bridgehead atoms. The molecule has 0 amide bonds. The van der Waals surface area contributed by atoms with E-state index in [9.17, 15) is 14.4 Å². The fourth-order valence-electron chi connectivity index (χ4n) is 8.38. The van der Waals surface area contributed by atoms with E-state index in [1.807, 2.05) is 0 Å². The highest BCUT2D eigenvalue weighted by Gasteiger charge is 2.63. The first-order chi connectivity index (χ1) is 13.2. The van der Waals surface area contributed by atoms with Crippen LogP contribution >= 0.6 is 0 Å². The molecule has 1 N–H and O–H groups in total. The Kier molecular flexibility index (Phi) is 4.99. The number of hydrogen-bond acceptors (Lipinski definition) is 3. The number of ketones is 2. The van der Waals surface area contributed by atoms with Crippen molar-refractivity contribution < 1.29 is 19.5 Å². The van der Waals surface area contributed by atoms with Crippen molar-refractivity contribution >= 4 is 17.5 Å². The van der Waals surface area contributed by atoms with Gasteiger partial charge in [-0.15, -0.1) is 0 Å². The van der Waals surface area contributed by atoms with Crippen molar-refractivity contribution in [1.29, 1.82) is 0 Å². The van der Waals surface area contributed by atoms with Crippen molar-refractivity contribution in [3.63, 3.8) is 0 Å². The van der Waals surface area contributed by atoms with Gasteiger partial charge in [0, 0.05) is 31.6 Å². The zero-order chi connectivity index (χ0) is 20.3. The van der Waals surface area contributed by atoms with Gasteiger partial charge >= 0.3 is 5.97 Å². The van der Waals surface area contributed by atoms with Crippen LogP contribution in [0.4, 0.5) is 0 Å². The second kappa shape index (κ2) is 6.95. The van der Waals surface area contributed by atoms with Crippen LogP contribution in [0.25, 0.3) is 0 Å². The Bertz CT molecular complexity index is 684. The van der Waals surface area contributed by atoms with Gasteiger partial charge in [0.25, 0.3) is 0 Å². The number of carbonyl (C=O) groups excluding carboxylic acids is 2. The summed E-state index contributed by atoms with van der Waals surface area (Å²) < 4.78 is 0. The molecule has 0 aliphatic heterocycles. The van der Waals surface area contributed by atoms with Crippen molar-refractivity contribution in [1.82, 2.24) is 0 Å². The summed E-state index contributed by atoms with van der Waals surface area (Å²) in [4.78, 5) is 36.6. The van der Waals surface area contributed by atoms with Crippen LogP contribution in [-0.4, -0.2) is 22.6 Å². The molecule has 0 aromatic heterocycles. The summed E-state index contributed by atoms with van der Waals surface area (Å²) in [6.45, 7) is 6.84. The van der Waals surface area contributed by atoms with Gasteiger partial charge in [-0.1, -0.05) is 20.8 Å². The van der Waals surface area contributed by atoms with Crippen molar-refractivity contribution in [2.75, 3.05) is 0 Å². The van der Waals surface area contributed by atoms with Crippen LogP contribution in [0, 0.1) is 46.3 Å². The molecule has 4 rings (SSSR count). The van der Waals surface area contributed by atoms with Crippen molar-refractivity contribution in [2.45, 2.75) is 85.0 Å². The Balaban J connectivity index is 1.58.